The molecule has 5 nitrogen and oxygen atoms in total. The molecular weight excluding hydrogens is 299 g/mol. The molecule has 1 atom stereocenters. The van der Waals surface area contributed by atoms with Gasteiger partial charge in [-0.1, -0.05) is 6.07 Å². The zero-order chi connectivity index (χ0) is 16.0. The van der Waals surface area contributed by atoms with Gasteiger partial charge in [0.05, 0.1) is 5.92 Å². The van der Waals surface area contributed by atoms with Gasteiger partial charge in [0.1, 0.15) is 0 Å². The summed E-state index contributed by atoms with van der Waals surface area (Å²) in [6.45, 7) is 0.214. The number of amides is 1. The van der Waals surface area contributed by atoms with Crippen LogP contribution in [0, 0.1) is 5.92 Å². The molecule has 0 aromatic carbocycles. The Morgan fingerprint density at radius 3 is 3.00 bits per heavy atom. The molecule has 1 fully saturated rings. The Bertz CT molecular complexity index is 502. The summed E-state index contributed by atoms with van der Waals surface area (Å²) in [7, 11) is 0. The number of carbonyl (C=O) groups excluding carboxylic acids is 1. The number of hydrogen-bond acceptors (Lipinski definition) is 4. The summed E-state index contributed by atoms with van der Waals surface area (Å²) in [6.07, 6.45) is -1.33. The van der Waals surface area contributed by atoms with Crippen LogP contribution in [-0.2, 0) is 11.3 Å². The Labute approximate surface area is 126 Å². The minimum atomic E-state index is -4.42. The smallest absolute Gasteiger partial charge is 0.422 e. The Kier molecular flexibility index (Phi) is 5.59. The average Bonchev–Trinajstić information content (AvgIpc) is 2.51. The minimum Gasteiger partial charge on any atom is -0.468 e. The van der Waals surface area contributed by atoms with Crippen LogP contribution >= 0.6 is 0 Å². The molecule has 1 saturated heterocycles. The fraction of sp³-hybridized carbons (Fsp3) is 0.571. The normalized spacial score (nSPS) is 18.8. The first-order chi connectivity index (χ1) is 10.5. The highest BCUT2D eigenvalue weighted by Crippen LogP contribution is 2.20. The lowest BCUT2D eigenvalue weighted by atomic mass is 9.99. The number of aromatic nitrogens is 1. The highest BCUT2D eigenvalue weighted by molar-refractivity contribution is 5.79. The number of halogens is 3. The molecule has 0 aliphatic carbocycles. The van der Waals surface area contributed by atoms with Crippen molar-refractivity contribution in [3.8, 4) is 5.88 Å². The maximum atomic E-state index is 12.2. The molecule has 2 heterocycles. The molecule has 1 amide bonds. The van der Waals surface area contributed by atoms with Gasteiger partial charge in [0.2, 0.25) is 11.8 Å². The highest BCUT2D eigenvalue weighted by Gasteiger charge is 2.29. The van der Waals surface area contributed by atoms with Gasteiger partial charge in [-0.25, -0.2) is 4.98 Å². The molecule has 1 aliphatic heterocycles. The summed E-state index contributed by atoms with van der Waals surface area (Å²) in [5, 5.41) is 5.87. The van der Waals surface area contributed by atoms with Crippen LogP contribution in [0.15, 0.2) is 18.3 Å². The number of rotatable bonds is 5. The molecule has 1 unspecified atom stereocenters. The third-order valence-corrected chi connectivity index (χ3v) is 3.34. The third kappa shape index (κ3) is 5.18. The molecule has 1 aromatic rings. The molecule has 122 valence electrons. The van der Waals surface area contributed by atoms with Gasteiger partial charge in [-0.05, 0) is 25.5 Å². The van der Waals surface area contributed by atoms with Crippen molar-refractivity contribution in [1.29, 1.82) is 0 Å². The molecular formula is C14H18F3N3O2. The first-order valence-corrected chi connectivity index (χ1v) is 7.07. The van der Waals surface area contributed by atoms with Crippen molar-refractivity contribution in [3.63, 3.8) is 0 Å². The fourth-order valence-electron chi connectivity index (χ4n) is 2.24. The second kappa shape index (κ2) is 7.44. The lowest BCUT2D eigenvalue weighted by Crippen LogP contribution is -2.40. The molecule has 0 saturated carbocycles. The lowest BCUT2D eigenvalue weighted by molar-refractivity contribution is -0.154. The number of nitrogens with zero attached hydrogens (tertiary/aromatic N) is 1. The number of carbonyl (C=O) groups is 1. The Balaban J connectivity index is 1.90. The highest BCUT2D eigenvalue weighted by atomic mass is 19.4. The van der Waals surface area contributed by atoms with E-state index in [2.05, 4.69) is 20.4 Å². The summed E-state index contributed by atoms with van der Waals surface area (Å²) in [6, 6.07) is 3.17. The van der Waals surface area contributed by atoms with E-state index in [-0.39, 0.29) is 24.2 Å². The predicted molar refractivity (Wildman–Crippen MR) is 73.2 cm³/mol. The van der Waals surface area contributed by atoms with Gasteiger partial charge in [-0.15, -0.1) is 0 Å². The van der Waals surface area contributed by atoms with Crippen molar-refractivity contribution < 1.29 is 22.7 Å². The van der Waals surface area contributed by atoms with E-state index >= 15 is 0 Å². The van der Waals surface area contributed by atoms with E-state index in [1.807, 2.05) is 0 Å². The van der Waals surface area contributed by atoms with Crippen molar-refractivity contribution in [1.82, 2.24) is 15.6 Å². The quantitative estimate of drug-likeness (QED) is 0.866. The number of nitrogens with one attached hydrogen (secondary N) is 2. The topological polar surface area (TPSA) is 63.2 Å². The minimum absolute atomic E-state index is 0.0936. The van der Waals surface area contributed by atoms with E-state index in [4.69, 9.17) is 0 Å². The summed E-state index contributed by atoms with van der Waals surface area (Å²) in [5.41, 5.74) is 0.420. The van der Waals surface area contributed by atoms with Gasteiger partial charge < -0.3 is 15.4 Å². The van der Waals surface area contributed by atoms with Crippen molar-refractivity contribution in [2.75, 3.05) is 19.7 Å². The Hall–Kier alpha value is -1.83. The molecule has 2 rings (SSSR count). The van der Waals surface area contributed by atoms with Crippen LogP contribution in [0.4, 0.5) is 13.2 Å². The standard InChI is InChI=1S/C14H18F3N3O2/c15-14(16,17)9-22-13-11(4-2-6-19-13)8-20-12(21)10-3-1-5-18-7-10/h2,4,6,10,18H,1,3,5,7-9H2,(H,20,21). The predicted octanol–water partition coefficient (Wildman–Crippen LogP) is 1.64. The molecule has 0 bridgehead atoms. The summed E-state index contributed by atoms with van der Waals surface area (Å²) in [4.78, 5) is 15.8. The van der Waals surface area contributed by atoms with Crippen LogP contribution in [0.2, 0.25) is 0 Å². The second-order valence-corrected chi connectivity index (χ2v) is 5.13. The molecule has 8 heteroatoms. The Morgan fingerprint density at radius 2 is 2.32 bits per heavy atom. The van der Waals surface area contributed by atoms with Crippen molar-refractivity contribution in [2.24, 2.45) is 5.92 Å². The fourth-order valence-corrected chi connectivity index (χ4v) is 2.24. The molecule has 22 heavy (non-hydrogen) atoms. The summed E-state index contributed by atoms with van der Waals surface area (Å²) < 4.78 is 41.3. The van der Waals surface area contributed by atoms with Crippen molar-refractivity contribution in [3.05, 3.63) is 23.9 Å². The number of piperidine rings is 1. The Morgan fingerprint density at radius 1 is 1.50 bits per heavy atom. The van der Waals surface area contributed by atoms with Gasteiger partial charge in [0.25, 0.3) is 0 Å². The van der Waals surface area contributed by atoms with Gasteiger partial charge in [0, 0.05) is 24.8 Å². The maximum Gasteiger partial charge on any atom is 0.422 e. The second-order valence-electron chi connectivity index (χ2n) is 5.13. The molecule has 1 aromatic heterocycles. The van der Waals surface area contributed by atoms with E-state index in [0.29, 0.717) is 12.1 Å². The van der Waals surface area contributed by atoms with Crippen LogP contribution in [0.25, 0.3) is 0 Å². The first kappa shape index (κ1) is 16.5. The lowest BCUT2D eigenvalue weighted by Gasteiger charge is -2.22. The van der Waals surface area contributed by atoms with Crippen LogP contribution < -0.4 is 15.4 Å². The molecule has 2 N–H and O–H groups in total. The van der Waals surface area contributed by atoms with E-state index in [1.165, 1.54) is 6.20 Å². The van der Waals surface area contributed by atoms with Crippen LogP contribution in [-0.4, -0.2) is 36.8 Å². The summed E-state index contributed by atoms with van der Waals surface area (Å²) >= 11 is 0. The monoisotopic (exact) mass is 317 g/mol. The SMILES string of the molecule is O=C(NCc1cccnc1OCC(F)(F)F)C1CCCNC1. The van der Waals surface area contributed by atoms with Gasteiger partial charge in [0.15, 0.2) is 6.61 Å². The van der Waals surface area contributed by atoms with Gasteiger partial charge in [-0.3, -0.25) is 4.79 Å². The van der Waals surface area contributed by atoms with E-state index in [1.54, 1.807) is 12.1 Å². The third-order valence-electron chi connectivity index (χ3n) is 3.34. The summed E-state index contributed by atoms with van der Waals surface area (Å²) in [5.74, 6) is -0.329. The zero-order valence-corrected chi connectivity index (χ0v) is 11.9. The zero-order valence-electron chi connectivity index (χ0n) is 11.9. The molecule has 0 radical (unpaired) electrons. The van der Waals surface area contributed by atoms with Crippen LogP contribution in [0.1, 0.15) is 18.4 Å². The largest absolute Gasteiger partial charge is 0.468 e. The van der Waals surface area contributed by atoms with Gasteiger partial charge in [-0.2, -0.15) is 13.2 Å². The number of pyridine rings is 1. The van der Waals surface area contributed by atoms with Crippen molar-refractivity contribution >= 4 is 5.91 Å². The first-order valence-electron chi connectivity index (χ1n) is 7.07. The van der Waals surface area contributed by atoms with Crippen LogP contribution in [0.5, 0.6) is 5.88 Å². The van der Waals surface area contributed by atoms with E-state index < -0.39 is 12.8 Å². The van der Waals surface area contributed by atoms with E-state index in [0.717, 1.165) is 19.4 Å². The average molecular weight is 317 g/mol. The van der Waals surface area contributed by atoms with E-state index in [9.17, 15) is 18.0 Å². The number of hydrogen-bond donors (Lipinski definition) is 2. The van der Waals surface area contributed by atoms with Gasteiger partial charge >= 0.3 is 6.18 Å². The number of alkyl halides is 3. The molecule has 1 aliphatic rings. The van der Waals surface area contributed by atoms with Crippen LogP contribution in [0.3, 0.4) is 0 Å². The number of ether oxygens (including phenoxy) is 1. The molecule has 0 spiro atoms. The maximum absolute atomic E-state index is 12.2. The van der Waals surface area contributed by atoms with Crippen molar-refractivity contribution in [2.45, 2.75) is 25.6 Å².